The van der Waals surface area contributed by atoms with E-state index in [1.807, 2.05) is 11.3 Å². The van der Waals surface area contributed by atoms with E-state index < -0.39 is 0 Å². The molecule has 0 nitrogen and oxygen atoms in total. The maximum atomic E-state index is 2.44. The van der Waals surface area contributed by atoms with Crippen molar-refractivity contribution >= 4 is 53.7 Å². The molecule has 7 aromatic carbocycles. The van der Waals surface area contributed by atoms with E-state index in [2.05, 4.69) is 146 Å². The molecule has 228 valence electrons. The van der Waals surface area contributed by atoms with Gasteiger partial charge in [0.05, 0.1) is 0 Å². The van der Waals surface area contributed by atoms with Crippen LogP contribution in [0.25, 0.3) is 75.8 Å². The third kappa shape index (κ3) is 4.35. The lowest BCUT2D eigenvalue weighted by Gasteiger charge is -2.22. The Kier molecular flexibility index (Phi) is 6.32. The average molecular weight is 631 g/mol. The summed E-state index contributed by atoms with van der Waals surface area (Å²) in [6, 6.07) is 53.0. The first kappa shape index (κ1) is 27.8. The Bertz CT molecular complexity index is 2630. The van der Waals surface area contributed by atoms with Gasteiger partial charge in [-0.1, -0.05) is 127 Å². The second-order valence-corrected chi connectivity index (χ2v) is 14.8. The van der Waals surface area contributed by atoms with Gasteiger partial charge < -0.3 is 0 Å². The Morgan fingerprint density at radius 2 is 0.958 bits per heavy atom. The van der Waals surface area contributed by atoms with Gasteiger partial charge in [-0.25, -0.2) is 0 Å². The maximum Gasteiger partial charge on any atom is 0.0348 e. The van der Waals surface area contributed by atoms with Crippen LogP contribution in [0.4, 0.5) is 0 Å². The fraction of sp³-hybridized carbons (Fsp3) is 0.106. The van der Waals surface area contributed by atoms with Crippen LogP contribution in [-0.4, -0.2) is 0 Å². The summed E-state index contributed by atoms with van der Waals surface area (Å²) in [7, 11) is 0. The summed E-state index contributed by atoms with van der Waals surface area (Å²) in [6.07, 6.45) is 4.80. The van der Waals surface area contributed by atoms with Crippen molar-refractivity contribution in [1.29, 1.82) is 0 Å². The average Bonchev–Trinajstić information content (AvgIpc) is 3.17. The molecule has 1 heterocycles. The van der Waals surface area contributed by atoms with E-state index in [0.717, 1.165) is 0 Å². The minimum atomic E-state index is 1.18. The van der Waals surface area contributed by atoms with Crippen LogP contribution in [0.1, 0.15) is 27.1 Å². The predicted octanol–water partition coefficient (Wildman–Crippen LogP) is 13.0. The van der Waals surface area contributed by atoms with Crippen LogP contribution >= 0.6 is 11.3 Å². The Labute approximate surface area is 285 Å². The number of benzene rings is 7. The van der Waals surface area contributed by atoms with Gasteiger partial charge in [-0.05, 0) is 138 Å². The zero-order chi connectivity index (χ0) is 31.8. The van der Waals surface area contributed by atoms with Crippen LogP contribution in [0, 0.1) is 6.92 Å². The molecule has 10 rings (SSSR count). The van der Waals surface area contributed by atoms with Crippen molar-refractivity contribution in [2.45, 2.75) is 32.6 Å². The highest BCUT2D eigenvalue weighted by molar-refractivity contribution is 7.18. The van der Waals surface area contributed by atoms with Crippen molar-refractivity contribution in [1.82, 2.24) is 0 Å². The fourth-order valence-electron chi connectivity index (χ4n) is 8.20. The number of aryl methyl sites for hydroxylation is 5. The Morgan fingerprint density at radius 1 is 0.396 bits per heavy atom. The van der Waals surface area contributed by atoms with E-state index >= 15 is 0 Å². The Hall–Kier alpha value is -5.24. The fourth-order valence-corrected chi connectivity index (χ4v) is 9.18. The molecule has 0 radical (unpaired) electrons. The quantitative estimate of drug-likeness (QED) is 0.170. The minimum absolute atomic E-state index is 1.18. The number of fused-ring (bicyclic) bond motifs is 6. The van der Waals surface area contributed by atoms with E-state index in [9.17, 15) is 0 Å². The summed E-state index contributed by atoms with van der Waals surface area (Å²) in [5.74, 6) is 0. The molecule has 48 heavy (non-hydrogen) atoms. The molecular formula is C47H34S. The molecule has 2 aliphatic rings. The zero-order valence-electron chi connectivity index (χ0n) is 27.0. The lowest BCUT2D eigenvalue weighted by Crippen LogP contribution is -2.07. The molecule has 0 amide bonds. The highest BCUT2D eigenvalue weighted by Gasteiger charge is 2.21. The van der Waals surface area contributed by atoms with Gasteiger partial charge >= 0.3 is 0 Å². The lowest BCUT2D eigenvalue weighted by molar-refractivity contribution is 0.840. The smallest absolute Gasteiger partial charge is 0.0348 e. The molecule has 0 saturated heterocycles. The minimum Gasteiger partial charge on any atom is -0.141 e. The predicted molar refractivity (Wildman–Crippen MR) is 208 cm³/mol. The topological polar surface area (TPSA) is 0 Å². The number of hydrogen-bond acceptors (Lipinski definition) is 1. The van der Waals surface area contributed by atoms with E-state index in [0.29, 0.717) is 0 Å². The van der Waals surface area contributed by atoms with Crippen LogP contribution in [-0.2, 0) is 25.7 Å². The molecule has 0 saturated carbocycles. The third-order valence-corrected chi connectivity index (χ3v) is 11.8. The SMILES string of the molecule is Cc1cc(-c2ccc(-c3c4ccccc4c(-c4ccc5c(c4)CC5)c4ccccc34)c3ccccc23)cccc2cc3c(cc2s1)CC3. The number of hydrogen-bond donors (Lipinski definition) is 0. The molecule has 2 aliphatic carbocycles. The van der Waals surface area contributed by atoms with Crippen LogP contribution in [0.15, 0.2) is 140 Å². The third-order valence-electron chi connectivity index (χ3n) is 10.8. The van der Waals surface area contributed by atoms with E-state index in [4.69, 9.17) is 0 Å². The second kappa shape index (κ2) is 10.9. The first-order valence-corrected chi connectivity index (χ1v) is 18.0. The van der Waals surface area contributed by atoms with Crippen molar-refractivity contribution < 1.29 is 0 Å². The molecule has 0 unspecified atom stereocenters. The molecule has 8 aromatic rings. The first-order chi connectivity index (χ1) is 23.7. The van der Waals surface area contributed by atoms with Crippen molar-refractivity contribution in [3.05, 3.63) is 167 Å². The largest absolute Gasteiger partial charge is 0.141 e. The van der Waals surface area contributed by atoms with Gasteiger partial charge in [-0.3, -0.25) is 0 Å². The first-order valence-electron chi connectivity index (χ1n) is 17.2. The molecule has 1 heteroatoms. The second-order valence-electron chi connectivity index (χ2n) is 13.5. The molecular weight excluding hydrogens is 597 g/mol. The summed E-state index contributed by atoms with van der Waals surface area (Å²) in [4.78, 5) is 1.31. The molecule has 0 bridgehead atoms. The monoisotopic (exact) mass is 630 g/mol. The summed E-state index contributed by atoms with van der Waals surface area (Å²) in [5, 5.41) is 9.13. The Morgan fingerprint density at radius 3 is 1.60 bits per heavy atom. The normalized spacial score (nSPS) is 13.2. The molecule has 0 aliphatic heterocycles. The van der Waals surface area contributed by atoms with Crippen molar-refractivity contribution in [3.63, 3.8) is 0 Å². The summed E-state index contributed by atoms with van der Waals surface area (Å²) >= 11 is 1.90. The van der Waals surface area contributed by atoms with Gasteiger partial charge in [0.15, 0.2) is 0 Å². The van der Waals surface area contributed by atoms with E-state index in [-0.39, 0.29) is 0 Å². The lowest BCUT2D eigenvalue weighted by atomic mass is 9.81. The molecule has 0 fully saturated rings. The van der Waals surface area contributed by atoms with Crippen LogP contribution in [0.2, 0.25) is 0 Å². The summed E-state index contributed by atoms with van der Waals surface area (Å²) < 4.78 is 1.36. The van der Waals surface area contributed by atoms with Crippen molar-refractivity contribution in [2.75, 3.05) is 0 Å². The van der Waals surface area contributed by atoms with Crippen LogP contribution in [0.3, 0.4) is 0 Å². The molecule has 0 N–H and O–H groups in total. The summed E-state index contributed by atoms with van der Waals surface area (Å²) in [6.45, 7) is 2.25. The van der Waals surface area contributed by atoms with E-state index in [1.54, 1.807) is 0 Å². The van der Waals surface area contributed by atoms with Gasteiger partial charge in [0.2, 0.25) is 0 Å². The zero-order valence-corrected chi connectivity index (χ0v) is 27.8. The van der Waals surface area contributed by atoms with Gasteiger partial charge in [0.25, 0.3) is 0 Å². The van der Waals surface area contributed by atoms with Crippen molar-refractivity contribution in [2.24, 2.45) is 0 Å². The van der Waals surface area contributed by atoms with Crippen LogP contribution < -0.4 is 0 Å². The highest BCUT2D eigenvalue weighted by Crippen LogP contribution is 2.47. The maximum absolute atomic E-state index is 2.44. The van der Waals surface area contributed by atoms with Gasteiger partial charge in [0.1, 0.15) is 0 Å². The molecule has 0 spiro atoms. The van der Waals surface area contributed by atoms with Crippen LogP contribution in [0.5, 0.6) is 0 Å². The molecule has 0 atom stereocenters. The summed E-state index contributed by atoms with van der Waals surface area (Å²) in [5.41, 5.74) is 13.8. The van der Waals surface area contributed by atoms with Gasteiger partial charge in [0, 0.05) is 9.58 Å². The van der Waals surface area contributed by atoms with Gasteiger partial charge in [-0.2, -0.15) is 0 Å². The molecule has 1 aromatic heterocycles. The standard InChI is InChI=1S/C47H34S/c1-29-25-34(9-8-10-35-26-32-20-21-33(32)28-45(35)48-29)37-23-24-44(39-12-3-2-11-38(37)39)47-42-15-6-4-13-40(42)46(41-14-5-7-16-43(41)47)36-22-18-30-17-19-31(30)27-36/h2-16,18,22-28H,17,19-21H2,1H3. The van der Waals surface area contributed by atoms with Gasteiger partial charge in [-0.15, -0.1) is 11.3 Å². The highest BCUT2D eigenvalue weighted by atomic mass is 32.1. The van der Waals surface area contributed by atoms with Crippen molar-refractivity contribution in [3.8, 4) is 33.4 Å². The van der Waals surface area contributed by atoms with E-state index in [1.165, 1.54) is 129 Å². The Balaban J connectivity index is 1.22. The number of rotatable bonds is 3.